The molecule has 2 heterocycles. The zero-order valence-corrected chi connectivity index (χ0v) is 12.2. The summed E-state index contributed by atoms with van der Waals surface area (Å²) < 4.78 is 11.2. The Kier molecular flexibility index (Phi) is 3.61. The average molecular weight is 277 g/mol. The van der Waals surface area contributed by atoms with Crippen molar-refractivity contribution >= 4 is 11.4 Å². The molecule has 0 aliphatic carbocycles. The molecule has 0 radical (unpaired) electrons. The Morgan fingerprint density at radius 1 is 1.25 bits per heavy atom. The third-order valence-electron chi connectivity index (χ3n) is 4.28. The number of fused-ring (bicyclic) bond motifs is 1. The van der Waals surface area contributed by atoms with Crippen LogP contribution in [0.1, 0.15) is 19.8 Å². The summed E-state index contributed by atoms with van der Waals surface area (Å²) in [6.45, 7) is 4.57. The lowest BCUT2D eigenvalue weighted by atomic mass is 9.98. The van der Waals surface area contributed by atoms with E-state index in [4.69, 9.17) is 15.2 Å². The minimum Gasteiger partial charge on any atom is -0.486 e. The predicted octanol–water partition coefficient (Wildman–Crippen LogP) is 1.93. The van der Waals surface area contributed by atoms with Crippen molar-refractivity contribution in [1.29, 1.82) is 0 Å². The molecule has 2 unspecified atom stereocenters. The molecule has 1 aromatic carbocycles. The number of hydrogen-bond donors (Lipinski definition) is 2. The molecule has 3 rings (SSSR count). The van der Waals surface area contributed by atoms with Crippen molar-refractivity contribution in [3.63, 3.8) is 0 Å². The summed E-state index contributed by atoms with van der Waals surface area (Å²) in [4.78, 5) is 2.39. The lowest BCUT2D eigenvalue weighted by Gasteiger charge is -2.36. The second-order valence-electron chi connectivity index (χ2n) is 5.78. The Bertz CT molecular complexity index is 492. The zero-order valence-electron chi connectivity index (χ0n) is 12.2. The van der Waals surface area contributed by atoms with Crippen LogP contribution >= 0.6 is 0 Å². The summed E-state index contributed by atoms with van der Waals surface area (Å²) in [6.07, 6.45) is 2.26. The van der Waals surface area contributed by atoms with Gasteiger partial charge in [0.1, 0.15) is 13.2 Å². The smallest absolute Gasteiger partial charge is 0.163 e. The Hall–Kier alpha value is -1.62. The summed E-state index contributed by atoms with van der Waals surface area (Å²) >= 11 is 0. The van der Waals surface area contributed by atoms with E-state index in [-0.39, 0.29) is 0 Å². The van der Waals surface area contributed by atoms with Crippen LogP contribution in [0.25, 0.3) is 0 Å². The molecule has 0 spiro atoms. The number of nitrogens with two attached hydrogens (primary N) is 1. The van der Waals surface area contributed by atoms with Crippen LogP contribution in [-0.2, 0) is 0 Å². The number of hydrogen-bond acceptors (Lipinski definition) is 5. The molecule has 0 bridgehead atoms. The first-order valence-corrected chi connectivity index (χ1v) is 7.29. The van der Waals surface area contributed by atoms with Gasteiger partial charge in [-0.05, 0) is 26.8 Å². The van der Waals surface area contributed by atoms with Crippen LogP contribution in [0.15, 0.2) is 12.1 Å². The van der Waals surface area contributed by atoms with Crippen LogP contribution in [0.2, 0.25) is 0 Å². The van der Waals surface area contributed by atoms with E-state index >= 15 is 0 Å². The van der Waals surface area contributed by atoms with E-state index in [9.17, 15) is 0 Å². The van der Waals surface area contributed by atoms with Gasteiger partial charge in [0.05, 0.1) is 11.4 Å². The Morgan fingerprint density at radius 2 is 1.95 bits per heavy atom. The van der Waals surface area contributed by atoms with E-state index in [0.29, 0.717) is 25.3 Å². The number of nitrogens with one attached hydrogen (secondary N) is 1. The number of benzene rings is 1. The first-order valence-electron chi connectivity index (χ1n) is 7.29. The van der Waals surface area contributed by atoms with Gasteiger partial charge >= 0.3 is 0 Å². The molecule has 0 aromatic heterocycles. The molecule has 5 heteroatoms. The van der Waals surface area contributed by atoms with Crippen LogP contribution in [0.3, 0.4) is 0 Å². The van der Waals surface area contributed by atoms with E-state index < -0.39 is 0 Å². The molecule has 0 saturated carbocycles. The lowest BCUT2D eigenvalue weighted by molar-refractivity contribution is 0.171. The fourth-order valence-electron chi connectivity index (χ4n) is 2.87. The standard InChI is InChI=1S/C15H23N3O2/c1-10-7-11(3-4-18(10)2)17-13-9-15-14(8-12(13)16)19-5-6-20-15/h8-11,17H,3-7,16H2,1-2H3. The van der Waals surface area contributed by atoms with E-state index in [0.717, 1.165) is 42.3 Å². The quantitative estimate of drug-likeness (QED) is 0.809. The molecule has 2 aliphatic rings. The van der Waals surface area contributed by atoms with Gasteiger partial charge in [0, 0.05) is 30.8 Å². The zero-order chi connectivity index (χ0) is 14.1. The molecule has 1 saturated heterocycles. The van der Waals surface area contributed by atoms with Crippen molar-refractivity contribution in [2.24, 2.45) is 0 Å². The fraction of sp³-hybridized carbons (Fsp3) is 0.600. The minimum atomic E-state index is 0.464. The molecule has 110 valence electrons. The van der Waals surface area contributed by atoms with Gasteiger partial charge in [-0.15, -0.1) is 0 Å². The van der Waals surface area contributed by atoms with Crippen LogP contribution in [-0.4, -0.2) is 43.8 Å². The highest BCUT2D eigenvalue weighted by Crippen LogP contribution is 2.37. The van der Waals surface area contributed by atoms with E-state index in [1.807, 2.05) is 12.1 Å². The Balaban J connectivity index is 1.74. The maximum atomic E-state index is 6.12. The van der Waals surface area contributed by atoms with E-state index in [2.05, 4.69) is 24.2 Å². The number of ether oxygens (including phenoxy) is 2. The number of rotatable bonds is 2. The first-order chi connectivity index (χ1) is 9.63. The van der Waals surface area contributed by atoms with Gasteiger partial charge in [0.25, 0.3) is 0 Å². The number of nitrogen functional groups attached to an aromatic ring is 1. The van der Waals surface area contributed by atoms with Crippen LogP contribution in [0.5, 0.6) is 11.5 Å². The topological polar surface area (TPSA) is 59.8 Å². The normalized spacial score (nSPS) is 26.3. The maximum absolute atomic E-state index is 6.12. The maximum Gasteiger partial charge on any atom is 0.163 e. The predicted molar refractivity (Wildman–Crippen MR) is 80.6 cm³/mol. The largest absolute Gasteiger partial charge is 0.486 e. The molecule has 1 aromatic rings. The van der Waals surface area contributed by atoms with E-state index in [1.54, 1.807) is 0 Å². The second-order valence-corrected chi connectivity index (χ2v) is 5.78. The van der Waals surface area contributed by atoms with Gasteiger partial charge in [-0.25, -0.2) is 0 Å². The summed E-state index contributed by atoms with van der Waals surface area (Å²) in [5, 5.41) is 3.56. The molecule has 3 N–H and O–H groups in total. The average Bonchev–Trinajstić information content (AvgIpc) is 2.44. The number of nitrogens with zero attached hydrogens (tertiary/aromatic N) is 1. The third-order valence-corrected chi connectivity index (χ3v) is 4.28. The minimum absolute atomic E-state index is 0.464. The summed E-state index contributed by atoms with van der Waals surface area (Å²) in [6, 6.07) is 4.88. The van der Waals surface area contributed by atoms with Gasteiger partial charge in [0.2, 0.25) is 0 Å². The molecule has 20 heavy (non-hydrogen) atoms. The van der Waals surface area contributed by atoms with Crippen molar-refractivity contribution in [2.45, 2.75) is 31.8 Å². The summed E-state index contributed by atoms with van der Waals surface area (Å²) in [5.41, 5.74) is 7.79. The summed E-state index contributed by atoms with van der Waals surface area (Å²) in [5.74, 6) is 1.53. The van der Waals surface area contributed by atoms with Gasteiger partial charge < -0.3 is 25.4 Å². The molecule has 0 amide bonds. The Labute approximate surface area is 120 Å². The van der Waals surface area contributed by atoms with Crippen molar-refractivity contribution in [3.05, 3.63) is 12.1 Å². The Morgan fingerprint density at radius 3 is 2.65 bits per heavy atom. The van der Waals surface area contributed by atoms with Crippen LogP contribution in [0, 0.1) is 0 Å². The fourth-order valence-corrected chi connectivity index (χ4v) is 2.87. The molecular formula is C15H23N3O2. The highest BCUT2D eigenvalue weighted by molar-refractivity contribution is 5.72. The van der Waals surface area contributed by atoms with Crippen molar-refractivity contribution in [3.8, 4) is 11.5 Å². The van der Waals surface area contributed by atoms with Crippen molar-refractivity contribution < 1.29 is 9.47 Å². The highest BCUT2D eigenvalue weighted by atomic mass is 16.6. The molecule has 1 fully saturated rings. The SMILES string of the molecule is CC1CC(Nc2cc3c(cc2N)OCCO3)CCN1C. The number of likely N-dealkylation sites (tertiary alicyclic amines) is 1. The lowest BCUT2D eigenvalue weighted by Crippen LogP contribution is -2.42. The molecule has 2 aliphatic heterocycles. The highest BCUT2D eigenvalue weighted by Gasteiger charge is 2.24. The van der Waals surface area contributed by atoms with Crippen molar-refractivity contribution in [2.75, 3.05) is 37.9 Å². The van der Waals surface area contributed by atoms with Crippen molar-refractivity contribution in [1.82, 2.24) is 4.90 Å². The third kappa shape index (κ3) is 2.63. The van der Waals surface area contributed by atoms with E-state index in [1.165, 1.54) is 0 Å². The second kappa shape index (κ2) is 5.40. The van der Waals surface area contributed by atoms with Gasteiger partial charge in [-0.3, -0.25) is 0 Å². The van der Waals surface area contributed by atoms with Crippen LogP contribution in [0.4, 0.5) is 11.4 Å². The number of anilines is 2. The van der Waals surface area contributed by atoms with Crippen LogP contribution < -0.4 is 20.5 Å². The van der Waals surface area contributed by atoms with Gasteiger partial charge in [-0.2, -0.15) is 0 Å². The summed E-state index contributed by atoms with van der Waals surface area (Å²) in [7, 11) is 2.18. The molecule has 5 nitrogen and oxygen atoms in total. The first kappa shape index (κ1) is 13.4. The molecular weight excluding hydrogens is 254 g/mol. The van der Waals surface area contributed by atoms with Gasteiger partial charge in [0.15, 0.2) is 11.5 Å². The number of piperidine rings is 1. The monoisotopic (exact) mass is 277 g/mol. The van der Waals surface area contributed by atoms with Gasteiger partial charge in [-0.1, -0.05) is 0 Å². The molecule has 2 atom stereocenters.